The van der Waals surface area contributed by atoms with E-state index in [9.17, 15) is 9.90 Å². The van der Waals surface area contributed by atoms with Gasteiger partial charge >= 0.3 is 0 Å². The van der Waals surface area contributed by atoms with Crippen molar-refractivity contribution >= 4 is 5.78 Å². The van der Waals surface area contributed by atoms with Gasteiger partial charge in [0.1, 0.15) is 24.2 Å². The molecule has 1 N–H and O–H groups in total. The molecule has 1 unspecified atom stereocenters. The van der Waals surface area contributed by atoms with E-state index in [1.54, 1.807) is 31.4 Å². The number of ether oxygens (including phenoxy) is 2. The number of aliphatic hydroxyl groups excluding tert-OH is 1. The third-order valence-corrected chi connectivity index (χ3v) is 4.74. The van der Waals surface area contributed by atoms with Gasteiger partial charge in [0.25, 0.3) is 0 Å². The van der Waals surface area contributed by atoms with Gasteiger partial charge in [0.2, 0.25) is 0 Å². The van der Waals surface area contributed by atoms with Crippen LogP contribution in [-0.2, 0) is 6.54 Å². The van der Waals surface area contributed by atoms with E-state index in [1.165, 1.54) is 25.3 Å². The molecule has 2 aromatic rings. The summed E-state index contributed by atoms with van der Waals surface area (Å²) in [6, 6.07) is 15.6. The van der Waals surface area contributed by atoms with E-state index < -0.39 is 6.10 Å². The molecule has 5 nitrogen and oxygen atoms in total. The van der Waals surface area contributed by atoms with Crippen LogP contribution in [0, 0.1) is 0 Å². The summed E-state index contributed by atoms with van der Waals surface area (Å²) in [6.07, 6.45) is 1.75. The third-order valence-electron chi connectivity index (χ3n) is 4.74. The summed E-state index contributed by atoms with van der Waals surface area (Å²) in [4.78, 5) is 13.8. The first-order valence-corrected chi connectivity index (χ1v) is 9.34. The quantitative estimate of drug-likeness (QED) is 0.651. The largest absolute Gasteiger partial charge is 0.497 e. The van der Waals surface area contributed by atoms with Crippen LogP contribution >= 0.6 is 0 Å². The molecule has 0 radical (unpaired) electrons. The van der Waals surface area contributed by atoms with E-state index in [0.29, 0.717) is 23.9 Å². The summed E-state index contributed by atoms with van der Waals surface area (Å²) in [6.45, 7) is 3.09. The van der Waals surface area contributed by atoms with Gasteiger partial charge in [0.05, 0.1) is 7.11 Å². The molecule has 1 saturated carbocycles. The molecule has 1 fully saturated rings. The average molecular weight is 369 g/mol. The Bertz CT molecular complexity index is 755. The van der Waals surface area contributed by atoms with Crippen molar-refractivity contribution in [1.29, 1.82) is 0 Å². The lowest BCUT2D eigenvalue weighted by Gasteiger charge is -2.25. The van der Waals surface area contributed by atoms with E-state index in [0.717, 1.165) is 12.3 Å². The second-order valence-electron chi connectivity index (χ2n) is 7.06. The predicted molar refractivity (Wildman–Crippen MR) is 104 cm³/mol. The highest BCUT2D eigenvalue weighted by atomic mass is 16.5. The van der Waals surface area contributed by atoms with E-state index in [2.05, 4.69) is 17.0 Å². The Balaban J connectivity index is 1.53. The number of rotatable bonds is 10. The van der Waals surface area contributed by atoms with Gasteiger partial charge in [-0.2, -0.15) is 0 Å². The summed E-state index contributed by atoms with van der Waals surface area (Å²) < 4.78 is 10.9. The number of hydrogen-bond donors (Lipinski definition) is 1. The minimum atomic E-state index is -0.593. The summed E-state index contributed by atoms with van der Waals surface area (Å²) in [7, 11) is 1.66. The Morgan fingerprint density at radius 1 is 1.19 bits per heavy atom. The minimum Gasteiger partial charge on any atom is -0.497 e. The molecule has 1 atom stereocenters. The van der Waals surface area contributed by atoms with Crippen LogP contribution in [0.5, 0.6) is 11.5 Å². The number of benzene rings is 2. The normalized spacial score (nSPS) is 14.8. The molecule has 2 aromatic carbocycles. The SMILES string of the molecule is COc1ccc(CN(CC(O)COc2cccc(C(C)=O)c2)C2CC2)cc1. The first-order valence-electron chi connectivity index (χ1n) is 9.34. The Kier molecular flexibility index (Phi) is 6.48. The molecule has 27 heavy (non-hydrogen) atoms. The molecule has 5 heteroatoms. The molecule has 0 heterocycles. The molecule has 0 spiro atoms. The minimum absolute atomic E-state index is 0.000369. The highest BCUT2D eigenvalue weighted by Crippen LogP contribution is 2.29. The number of nitrogens with zero attached hydrogens (tertiary/aromatic N) is 1. The molecule has 1 aliphatic rings. The summed E-state index contributed by atoms with van der Waals surface area (Å²) in [5.41, 5.74) is 1.81. The highest BCUT2D eigenvalue weighted by molar-refractivity contribution is 5.94. The number of aliphatic hydroxyl groups is 1. The lowest BCUT2D eigenvalue weighted by molar-refractivity contribution is 0.0626. The van der Waals surface area contributed by atoms with Crippen LogP contribution in [0.1, 0.15) is 35.7 Å². The fourth-order valence-electron chi connectivity index (χ4n) is 3.07. The second kappa shape index (κ2) is 9.02. The molecule has 0 aliphatic heterocycles. The predicted octanol–water partition coefficient (Wildman–Crippen LogP) is 3.30. The van der Waals surface area contributed by atoms with Crippen molar-refractivity contribution in [2.24, 2.45) is 0 Å². The van der Waals surface area contributed by atoms with Gasteiger partial charge in [-0.05, 0) is 49.6 Å². The van der Waals surface area contributed by atoms with E-state index in [1.807, 2.05) is 12.1 Å². The second-order valence-corrected chi connectivity index (χ2v) is 7.06. The van der Waals surface area contributed by atoms with Crippen molar-refractivity contribution in [3.05, 3.63) is 59.7 Å². The molecule has 144 valence electrons. The first-order chi connectivity index (χ1) is 13.0. The van der Waals surface area contributed by atoms with Crippen LogP contribution in [0.15, 0.2) is 48.5 Å². The lowest BCUT2D eigenvalue weighted by atomic mass is 10.1. The highest BCUT2D eigenvalue weighted by Gasteiger charge is 2.30. The van der Waals surface area contributed by atoms with Crippen LogP contribution in [-0.4, -0.2) is 48.2 Å². The molecule has 3 rings (SSSR count). The lowest BCUT2D eigenvalue weighted by Crippen LogP contribution is -2.36. The maximum atomic E-state index is 11.5. The van der Waals surface area contributed by atoms with Gasteiger partial charge in [-0.3, -0.25) is 9.69 Å². The van der Waals surface area contributed by atoms with E-state index in [4.69, 9.17) is 9.47 Å². The van der Waals surface area contributed by atoms with Crippen molar-refractivity contribution in [1.82, 2.24) is 4.90 Å². The molecule has 0 amide bonds. The Hall–Kier alpha value is -2.37. The third kappa shape index (κ3) is 5.81. The number of carbonyl (C=O) groups excluding carboxylic acids is 1. The van der Waals surface area contributed by atoms with Crippen molar-refractivity contribution in [3.8, 4) is 11.5 Å². The zero-order valence-corrected chi connectivity index (χ0v) is 15.9. The van der Waals surface area contributed by atoms with Crippen molar-refractivity contribution in [2.75, 3.05) is 20.3 Å². The molecule has 0 bridgehead atoms. The summed E-state index contributed by atoms with van der Waals surface area (Å²) in [5.74, 6) is 1.45. The van der Waals surface area contributed by atoms with Crippen LogP contribution in [0.2, 0.25) is 0 Å². The monoisotopic (exact) mass is 369 g/mol. The Labute approximate surface area is 160 Å². The Morgan fingerprint density at radius 2 is 1.93 bits per heavy atom. The maximum Gasteiger partial charge on any atom is 0.159 e. The van der Waals surface area contributed by atoms with Crippen LogP contribution in [0.3, 0.4) is 0 Å². The van der Waals surface area contributed by atoms with Crippen molar-refractivity contribution < 1.29 is 19.4 Å². The van der Waals surface area contributed by atoms with Gasteiger partial charge < -0.3 is 14.6 Å². The summed E-state index contributed by atoms with van der Waals surface area (Å²) >= 11 is 0. The fraction of sp³-hybridized carbons (Fsp3) is 0.409. The zero-order chi connectivity index (χ0) is 19.2. The standard InChI is InChI=1S/C22H27NO4/c1-16(24)18-4-3-5-22(12-18)27-15-20(25)14-23(19-8-9-19)13-17-6-10-21(26-2)11-7-17/h3-7,10-12,19-20,25H,8-9,13-15H2,1-2H3. The van der Waals surface area contributed by atoms with Gasteiger partial charge in [-0.25, -0.2) is 0 Å². The number of methoxy groups -OCH3 is 1. The molecule has 1 aliphatic carbocycles. The number of Topliss-reactive ketones (excluding diaryl/α,β-unsaturated/α-hetero) is 1. The van der Waals surface area contributed by atoms with Gasteiger partial charge in [0, 0.05) is 24.7 Å². The van der Waals surface area contributed by atoms with Crippen molar-refractivity contribution in [3.63, 3.8) is 0 Å². The van der Waals surface area contributed by atoms with Crippen LogP contribution in [0.25, 0.3) is 0 Å². The van der Waals surface area contributed by atoms with E-state index in [-0.39, 0.29) is 12.4 Å². The summed E-state index contributed by atoms with van der Waals surface area (Å²) in [5, 5.41) is 10.4. The number of ketones is 1. The number of hydrogen-bond acceptors (Lipinski definition) is 5. The average Bonchev–Trinajstić information content (AvgIpc) is 3.52. The Morgan fingerprint density at radius 3 is 2.56 bits per heavy atom. The van der Waals surface area contributed by atoms with Crippen molar-refractivity contribution in [2.45, 2.75) is 38.5 Å². The molecule has 0 saturated heterocycles. The van der Waals surface area contributed by atoms with Gasteiger partial charge in [0.15, 0.2) is 5.78 Å². The topological polar surface area (TPSA) is 59.0 Å². The number of carbonyl (C=O) groups is 1. The van der Waals surface area contributed by atoms with Crippen LogP contribution < -0.4 is 9.47 Å². The first kappa shape index (κ1) is 19.4. The fourth-order valence-corrected chi connectivity index (χ4v) is 3.07. The van der Waals surface area contributed by atoms with Gasteiger partial charge in [-0.1, -0.05) is 24.3 Å². The smallest absolute Gasteiger partial charge is 0.159 e. The zero-order valence-electron chi connectivity index (χ0n) is 15.9. The maximum absolute atomic E-state index is 11.5. The van der Waals surface area contributed by atoms with Crippen LogP contribution in [0.4, 0.5) is 0 Å². The van der Waals surface area contributed by atoms with Gasteiger partial charge in [-0.15, -0.1) is 0 Å². The van der Waals surface area contributed by atoms with E-state index >= 15 is 0 Å². The molecular formula is C22H27NO4. The molecule has 0 aromatic heterocycles. The molecular weight excluding hydrogens is 342 g/mol.